The minimum Gasteiger partial charge on any atom is -0.457 e. The predicted molar refractivity (Wildman–Crippen MR) is 202 cm³/mol. The van der Waals surface area contributed by atoms with Gasteiger partial charge in [-0.2, -0.15) is 0 Å². The van der Waals surface area contributed by atoms with Crippen LogP contribution in [0.1, 0.15) is 91.5 Å². The molecular formula is C42H60FN3O2. The van der Waals surface area contributed by atoms with Gasteiger partial charge in [-0.25, -0.2) is 4.39 Å². The summed E-state index contributed by atoms with van der Waals surface area (Å²) in [5.41, 5.74) is 8.28. The first kappa shape index (κ1) is 39.0. The smallest absolute Gasteiger partial charge is 0.250 e. The molecule has 6 heteroatoms. The van der Waals surface area contributed by atoms with Gasteiger partial charge >= 0.3 is 0 Å². The van der Waals surface area contributed by atoms with Crippen LogP contribution in [0.25, 0.3) is 10.8 Å². The maximum atomic E-state index is 15.3. The average Bonchev–Trinajstić information content (AvgIpc) is 3.58. The van der Waals surface area contributed by atoms with E-state index in [0.29, 0.717) is 48.1 Å². The number of carbonyl (C=O) groups excluding carboxylic acids is 1. The highest BCUT2D eigenvalue weighted by Gasteiger charge is 2.22. The number of nitrogens with zero attached hydrogens (tertiary/aromatic N) is 1. The second-order valence-electron chi connectivity index (χ2n) is 13.2. The van der Waals surface area contributed by atoms with Gasteiger partial charge in [0.05, 0.1) is 0 Å². The van der Waals surface area contributed by atoms with Crippen LogP contribution >= 0.6 is 0 Å². The molecule has 5 nitrogen and oxygen atoms in total. The molecule has 3 N–H and O–H groups in total. The van der Waals surface area contributed by atoms with Crippen molar-refractivity contribution in [3.8, 4) is 5.75 Å². The van der Waals surface area contributed by atoms with Crippen molar-refractivity contribution < 1.29 is 13.9 Å². The third kappa shape index (κ3) is 11.6. The summed E-state index contributed by atoms with van der Waals surface area (Å²) in [5, 5.41) is 5.21. The standard InChI is InChI=1S/C35H43FN2O2.C5H11N.C2H6/c1-6-27-21-33(36)25(4)26(5)40-34-22-30-14-9-8-13-29(30)19-32(34)20-31(27)18-28(7-2)35(39)37-15-11-17-38-16-10-12-24(3)23-38;6-5-3-1-2-4-5;1-2/h7-9,13-14,18-19,21-22,24,31H,2,5-6,10-12,15-17,20,23H2,1,3-4H3,(H,37,39);5H,1-4,6H2;1-2H3/b27-21-,28-18+,33-25+;;. The summed E-state index contributed by atoms with van der Waals surface area (Å²) in [7, 11) is 0. The Morgan fingerprint density at radius 2 is 1.81 bits per heavy atom. The molecule has 0 aromatic heterocycles. The Morgan fingerprint density at radius 3 is 2.42 bits per heavy atom. The molecule has 2 aliphatic heterocycles. The van der Waals surface area contributed by atoms with E-state index in [9.17, 15) is 4.79 Å². The molecule has 2 fully saturated rings. The van der Waals surface area contributed by atoms with E-state index in [0.717, 1.165) is 53.9 Å². The first-order valence-corrected chi connectivity index (χ1v) is 18.2. The van der Waals surface area contributed by atoms with Crippen molar-refractivity contribution in [3.63, 3.8) is 0 Å². The van der Waals surface area contributed by atoms with E-state index in [1.54, 1.807) is 19.1 Å². The molecule has 2 heterocycles. The van der Waals surface area contributed by atoms with Crippen LogP contribution in [-0.4, -0.2) is 43.0 Å². The number of hydrogen-bond acceptors (Lipinski definition) is 4. The molecule has 1 saturated carbocycles. The molecule has 2 aromatic rings. The number of likely N-dealkylation sites (tertiary alicyclic amines) is 1. The van der Waals surface area contributed by atoms with Gasteiger partial charge in [0.2, 0.25) is 0 Å². The van der Waals surface area contributed by atoms with E-state index in [2.05, 4.69) is 42.4 Å². The molecule has 2 aromatic carbocycles. The Balaban J connectivity index is 0.000000692. The lowest BCUT2D eigenvalue weighted by Gasteiger charge is -2.30. The molecule has 3 aliphatic rings. The fourth-order valence-electron chi connectivity index (χ4n) is 6.65. The minimum absolute atomic E-state index is 0.148. The van der Waals surface area contributed by atoms with Crippen LogP contribution in [0.5, 0.6) is 5.75 Å². The van der Waals surface area contributed by atoms with E-state index >= 15 is 4.39 Å². The van der Waals surface area contributed by atoms with E-state index in [-0.39, 0.29) is 17.7 Å². The Kier molecular flexibility index (Phi) is 16.3. The maximum absolute atomic E-state index is 15.3. The molecular weight excluding hydrogens is 597 g/mol. The number of nitrogens with one attached hydrogen (secondary N) is 1. The number of amides is 1. The summed E-state index contributed by atoms with van der Waals surface area (Å²) in [5.74, 6) is 0.952. The summed E-state index contributed by atoms with van der Waals surface area (Å²) in [6.07, 6.45) is 15.0. The molecule has 1 aliphatic carbocycles. The lowest BCUT2D eigenvalue weighted by atomic mass is 9.86. The topological polar surface area (TPSA) is 67.6 Å². The SMILES string of the molecule is C=C/C(=C\C1Cc2cc3ccccc3cc2OC(=C)/C(C)=C(F)\C=C/1CC)C(=O)NCCCN1CCCC(C)C1.CC.NC1CCCC1. The van der Waals surface area contributed by atoms with Crippen LogP contribution in [-0.2, 0) is 11.2 Å². The van der Waals surface area contributed by atoms with Gasteiger partial charge in [-0.3, -0.25) is 4.79 Å². The molecule has 2 atom stereocenters. The molecule has 0 bridgehead atoms. The fourth-order valence-corrected chi connectivity index (χ4v) is 6.65. The Morgan fingerprint density at radius 1 is 1.12 bits per heavy atom. The van der Waals surface area contributed by atoms with E-state index < -0.39 is 0 Å². The van der Waals surface area contributed by atoms with Gasteiger partial charge in [0.15, 0.2) is 0 Å². The largest absolute Gasteiger partial charge is 0.457 e. The van der Waals surface area contributed by atoms with Crippen molar-refractivity contribution in [2.24, 2.45) is 17.6 Å². The lowest BCUT2D eigenvalue weighted by molar-refractivity contribution is -0.117. The van der Waals surface area contributed by atoms with Gasteiger partial charge in [-0.05, 0) is 105 Å². The van der Waals surface area contributed by atoms with Crippen molar-refractivity contribution in [2.45, 2.75) is 98.4 Å². The third-order valence-electron chi connectivity index (χ3n) is 9.52. The molecule has 5 rings (SSSR count). The van der Waals surface area contributed by atoms with E-state index in [1.165, 1.54) is 38.5 Å². The van der Waals surface area contributed by atoms with Crippen molar-refractivity contribution in [1.82, 2.24) is 10.2 Å². The number of ether oxygens (including phenoxy) is 1. The van der Waals surface area contributed by atoms with Crippen molar-refractivity contribution in [2.75, 3.05) is 26.2 Å². The van der Waals surface area contributed by atoms with Crippen LogP contribution < -0.4 is 15.8 Å². The Bertz CT molecular complexity index is 1470. The lowest BCUT2D eigenvalue weighted by Crippen LogP contribution is -2.36. The molecule has 262 valence electrons. The second-order valence-corrected chi connectivity index (χ2v) is 13.2. The van der Waals surface area contributed by atoms with Gasteiger partial charge in [0.1, 0.15) is 17.3 Å². The zero-order chi connectivity index (χ0) is 35.1. The third-order valence-corrected chi connectivity index (χ3v) is 9.52. The molecule has 0 radical (unpaired) electrons. The number of benzene rings is 2. The van der Waals surface area contributed by atoms with E-state index in [1.807, 2.05) is 51.1 Å². The number of nitrogens with two attached hydrogens (primary N) is 1. The average molecular weight is 658 g/mol. The number of allylic oxidation sites excluding steroid dienone is 5. The quantitative estimate of drug-likeness (QED) is 0.169. The summed E-state index contributed by atoms with van der Waals surface area (Å²) < 4.78 is 21.5. The van der Waals surface area contributed by atoms with E-state index in [4.69, 9.17) is 10.5 Å². The summed E-state index contributed by atoms with van der Waals surface area (Å²) in [6.45, 7) is 21.8. The van der Waals surface area contributed by atoms with Gasteiger partial charge in [-0.1, -0.05) is 95.7 Å². The molecule has 1 saturated heterocycles. The number of fused-ring (bicyclic) bond motifs is 2. The fraction of sp³-hybridized carbons (Fsp3) is 0.500. The monoisotopic (exact) mass is 657 g/mol. The number of piperidine rings is 1. The number of hydrogen-bond donors (Lipinski definition) is 2. The zero-order valence-electron chi connectivity index (χ0n) is 30.3. The van der Waals surface area contributed by atoms with Crippen LogP contribution in [0.2, 0.25) is 0 Å². The molecule has 1 amide bonds. The Hall–Kier alpha value is -3.48. The van der Waals surface area contributed by atoms with Crippen LogP contribution in [0, 0.1) is 11.8 Å². The normalized spacial score (nSPS) is 23.4. The highest BCUT2D eigenvalue weighted by molar-refractivity contribution is 5.96. The van der Waals surface area contributed by atoms with Crippen molar-refractivity contribution >= 4 is 16.7 Å². The number of carbonyl (C=O) groups is 1. The number of halogens is 1. The summed E-state index contributed by atoms with van der Waals surface area (Å²) >= 11 is 0. The second kappa shape index (κ2) is 20.1. The Labute approximate surface area is 289 Å². The first-order valence-electron chi connectivity index (χ1n) is 18.2. The predicted octanol–water partition coefficient (Wildman–Crippen LogP) is 9.75. The van der Waals surface area contributed by atoms with Gasteiger partial charge in [-0.15, -0.1) is 0 Å². The summed E-state index contributed by atoms with van der Waals surface area (Å²) in [6, 6.07) is 12.8. The summed E-state index contributed by atoms with van der Waals surface area (Å²) in [4.78, 5) is 15.7. The highest BCUT2D eigenvalue weighted by atomic mass is 19.1. The minimum atomic E-state index is -0.374. The van der Waals surface area contributed by atoms with Crippen LogP contribution in [0.15, 0.2) is 96.1 Å². The van der Waals surface area contributed by atoms with Gasteiger partial charge in [0.25, 0.3) is 5.91 Å². The molecule has 0 spiro atoms. The van der Waals surface area contributed by atoms with Crippen LogP contribution in [0.3, 0.4) is 0 Å². The van der Waals surface area contributed by atoms with Gasteiger partial charge in [0, 0.05) is 36.2 Å². The molecule has 48 heavy (non-hydrogen) atoms. The maximum Gasteiger partial charge on any atom is 0.250 e. The number of rotatable bonds is 8. The highest BCUT2D eigenvalue weighted by Crippen LogP contribution is 2.35. The molecule has 2 unspecified atom stereocenters. The van der Waals surface area contributed by atoms with Crippen LogP contribution in [0.4, 0.5) is 4.39 Å². The first-order chi connectivity index (χ1) is 23.2. The van der Waals surface area contributed by atoms with Crippen molar-refractivity contribution in [3.05, 3.63) is 102 Å². The van der Waals surface area contributed by atoms with Crippen molar-refractivity contribution in [1.29, 1.82) is 0 Å². The van der Waals surface area contributed by atoms with Gasteiger partial charge < -0.3 is 20.7 Å². The zero-order valence-corrected chi connectivity index (χ0v) is 30.3.